The van der Waals surface area contributed by atoms with Crippen molar-refractivity contribution < 1.29 is 14.3 Å². The van der Waals surface area contributed by atoms with E-state index in [9.17, 15) is 4.79 Å². The number of amides is 2. The number of pyridine rings is 1. The van der Waals surface area contributed by atoms with Gasteiger partial charge in [0, 0.05) is 41.5 Å². The summed E-state index contributed by atoms with van der Waals surface area (Å²) in [5.41, 5.74) is 2.08. The third-order valence-corrected chi connectivity index (χ3v) is 2.76. The van der Waals surface area contributed by atoms with E-state index in [-0.39, 0.29) is 6.03 Å². The highest BCUT2D eigenvalue weighted by molar-refractivity contribution is 5.99. The van der Waals surface area contributed by atoms with Crippen LogP contribution in [0.15, 0.2) is 36.5 Å². The Kier molecular flexibility index (Phi) is 4.61. The number of benzene rings is 1. The second-order valence-electron chi connectivity index (χ2n) is 4.37. The van der Waals surface area contributed by atoms with Crippen molar-refractivity contribution in [2.45, 2.75) is 6.92 Å². The lowest BCUT2D eigenvalue weighted by Gasteiger charge is -2.11. The average Bonchev–Trinajstić information content (AvgIpc) is 2.46. The molecule has 1 aromatic carbocycles. The molecule has 6 heteroatoms. The van der Waals surface area contributed by atoms with Crippen molar-refractivity contribution >= 4 is 17.4 Å². The first-order valence-corrected chi connectivity index (χ1v) is 6.34. The van der Waals surface area contributed by atoms with Crippen molar-refractivity contribution in [3.63, 3.8) is 0 Å². The predicted octanol–water partition coefficient (Wildman–Crippen LogP) is 3.05. The SMILES string of the molecule is COc1cc(NC(=O)Nc2ccnc(C)c2)cc(OC)c1. The van der Waals surface area contributed by atoms with Gasteiger partial charge in [0.1, 0.15) is 11.5 Å². The van der Waals surface area contributed by atoms with Gasteiger partial charge in [-0.15, -0.1) is 0 Å². The Hall–Kier alpha value is -2.76. The average molecular weight is 287 g/mol. The first-order valence-electron chi connectivity index (χ1n) is 6.34. The fourth-order valence-corrected chi connectivity index (χ4v) is 1.80. The zero-order valence-corrected chi connectivity index (χ0v) is 12.1. The second-order valence-corrected chi connectivity index (χ2v) is 4.37. The molecule has 2 amide bonds. The summed E-state index contributed by atoms with van der Waals surface area (Å²) >= 11 is 0. The van der Waals surface area contributed by atoms with Crippen LogP contribution in [0.2, 0.25) is 0 Å². The lowest BCUT2D eigenvalue weighted by molar-refractivity contribution is 0.262. The summed E-state index contributed by atoms with van der Waals surface area (Å²) in [6.45, 7) is 1.86. The monoisotopic (exact) mass is 287 g/mol. The number of nitrogens with one attached hydrogen (secondary N) is 2. The van der Waals surface area contributed by atoms with Crippen LogP contribution >= 0.6 is 0 Å². The number of hydrogen-bond acceptors (Lipinski definition) is 4. The molecule has 6 nitrogen and oxygen atoms in total. The number of rotatable bonds is 4. The summed E-state index contributed by atoms with van der Waals surface area (Å²) < 4.78 is 10.3. The van der Waals surface area contributed by atoms with E-state index in [0.29, 0.717) is 22.9 Å². The lowest BCUT2D eigenvalue weighted by atomic mass is 10.3. The van der Waals surface area contributed by atoms with E-state index in [4.69, 9.17) is 9.47 Å². The Labute approximate surface area is 123 Å². The Morgan fingerprint density at radius 1 is 1.00 bits per heavy atom. The zero-order valence-electron chi connectivity index (χ0n) is 12.1. The Morgan fingerprint density at radius 2 is 1.62 bits per heavy atom. The molecule has 0 fully saturated rings. The normalized spacial score (nSPS) is 9.86. The molecule has 0 aliphatic carbocycles. The molecule has 110 valence electrons. The molecule has 0 atom stereocenters. The van der Waals surface area contributed by atoms with Crippen LogP contribution in [0.3, 0.4) is 0 Å². The van der Waals surface area contributed by atoms with E-state index in [2.05, 4.69) is 15.6 Å². The van der Waals surface area contributed by atoms with Gasteiger partial charge in [0.05, 0.1) is 14.2 Å². The first kappa shape index (κ1) is 14.6. The molecule has 0 unspecified atom stereocenters. The van der Waals surface area contributed by atoms with E-state index < -0.39 is 0 Å². The molecule has 2 aromatic rings. The highest BCUT2D eigenvalue weighted by atomic mass is 16.5. The van der Waals surface area contributed by atoms with Gasteiger partial charge in [-0.25, -0.2) is 4.79 Å². The number of methoxy groups -OCH3 is 2. The molecule has 0 saturated carbocycles. The van der Waals surface area contributed by atoms with Crippen LogP contribution < -0.4 is 20.1 Å². The molecule has 21 heavy (non-hydrogen) atoms. The molecule has 2 N–H and O–H groups in total. The summed E-state index contributed by atoms with van der Waals surface area (Å²) in [6, 6.07) is 8.30. The number of anilines is 2. The van der Waals surface area contributed by atoms with Gasteiger partial charge in [0.25, 0.3) is 0 Å². The fraction of sp³-hybridized carbons (Fsp3) is 0.200. The quantitative estimate of drug-likeness (QED) is 0.906. The summed E-state index contributed by atoms with van der Waals surface area (Å²) in [6.07, 6.45) is 1.64. The number of hydrogen-bond donors (Lipinski definition) is 2. The smallest absolute Gasteiger partial charge is 0.323 e. The summed E-state index contributed by atoms with van der Waals surface area (Å²) in [5, 5.41) is 5.46. The van der Waals surface area contributed by atoms with E-state index in [1.54, 1.807) is 50.7 Å². The van der Waals surface area contributed by atoms with Gasteiger partial charge in [-0.05, 0) is 19.1 Å². The summed E-state index contributed by atoms with van der Waals surface area (Å²) in [4.78, 5) is 16.0. The van der Waals surface area contributed by atoms with Gasteiger partial charge >= 0.3 is 6.03 Å². The molecule has 0 saturated heterocycles. The molecule has 0 radical (unpaired) electrons. The molecule has 0 spiro atoms. The third kappa shape index (κ3) is 4.10. The predicted molar refractivity (Wildman–Crippen MR) is 81.2 cm³/mol. The molecular formula is C15H17N3O3. The van der Waals surface area contributed by atoms with Crippen molar-refractivity contribution in [3.8, 4) is 11.5 Å². The number of aromatic nitrogens is 1. The van der Waals surface area contributed by atoms with Gasteiger partial charge in [-0.1, -0.05) is 0 Å². The number of ether oxygens (including phenoxy) is 2. The van der Waals surface area contributed by atoms with Crippen molar-refractivity contribution in [2.24, 2.45) is 0 Å². The van der Waals surface area contributed by atoms with Gasteiger partial charge in [0.15, 0.2) is 0 Å². The Morgan fingerprint density at radius 3 is 2.19 bits per heavy atom. The molecule has 0 aliphatic rings. The van der Waals surface area contributed by atoms with Crippen molar-refractivity contribution in [3.05, 3.63) is 42.2 Å². The zero-order chi connectivity index (χ0) is 15.2. The standard InChI is InChI=1S/C15H17N3O3/c1-10-6-11(4-5-16-10)17-15(19)18-12-7-13(20-2)9-14(8-12)21-3/h4-9H,1-3H3,(H2,16,17,18,19). The molecule has 1 aromatic heterocycles. The number of carbonyl (C=O) groups excluding carboxylic acids is 1. The number of carbonyl (C=O) groups is 1. The van der Waals surface area contributed by atoms with Gasteiger partial charge in [-0.2, -0.15) is 0 Å². The van der Waals surface area contributed by atoms with E-state index in [1.807, 2.05) is 6.92 Å². The van der Waals surface area contributed by atoms with Gasteiger partial charge in [0.2, 0.25) is 0 Å². The molecule has 2 rings (SSSR count). The number of nitrogens with zero attached hydrogens (tertiary/aromatic N) is 1. The second kappa shape index (κ2) is 6.60. The van der Waals surface area contributed by atoms with Crippen molar-refractivity contribution in [1.29, 1.82) is 0 Å². The van der Waals surface area contributed by atoms with Crippen LogP contribution in [-0.4, -0.2) is 25.2 Å². The van der Waals surface area contributed by atoms with Gasteiger partial charge < -0.3 is 20.1 Å². The first-order chi connectivity index (χ1) is 10.1. The minimum Gasteiger partial charge on any atom is -0.497 e. The topological polar surface area (TPSA) is 72.5 Å². The number of urea groups is 1. The third-order valence-electron chi connectivity index (χ3n) is 2.76. The highest BCUT2D eigenvalue weighted by Gasteiger charge is 2.06. The molecule has 1 heterocycles. The van der Waals surface area contributed by atoms with E-state index >= 15 is 0 Å². The van der Waals surface area contributed by atoms with Crippen molar-refractivity contribution in [2.75, 3.05) is 24.9 Å². The van der Waals surface area contributed by atoms with Crippen LogP contribution in [0.25, 0.3) is 0 Å². The Balaban J connectivity index is 2.08. The minimum atomic E-state index is -0.351. The highest BCUT2D eigenvalue weighted by Crippen LogP contribution is 2.25. The van der Waals surface area contributed by atoms with Crippen LogP contribution in [0, 0.1) is 6.92 Å². The number of aryl methyl sites for hydroxylation is 1. The van der Waals surface area contributed by atoms with Crippen LogP contribution in [0.5, 0.6) is 11.5 Å². The maximum absolute atomic E-state index is 12.0. The van der Waals surface area contributed by atoms with E-state index in [0.717, 1.165) is 5.69 Å². The summed E-state index contributed by atoms with van der Waals surface area (Å²) in [5.74, 6) is 1.20. The van der Waals surface area contributed by atoms with E-state index in [1.165, 1.54) is 0 Å². The van der Waals surface area contributed by atoms with Crippen LogP contribution in [-0.2, 0) is 0 Å². The van der Waals surface area contributed by atoms with Crippen LogP contribution in [0.1, 0.15) is 5.69 Å². The van der Waals surface area contributed by atoms with Crippen LogP contribution in [0.4, 0.5) is 16.2 Å². The minimum absolute atomic E-state index is 0.351. The summed E-state index contributed by atoms with van der Waals surface area (Å²) in [7, 11) is 3.11. The molecule has 0 bridgehead atoms. The Bertz CT molecular complexity index is 622. The van der Waals surface area contributed by atoms with Crippen molar-refractivity contribution in [1.82, 2.24) is 4.98 Å². The maximum atomic E-state index is 12.0. The molecule has 0 aliphatic heterocycles. The maximum Gasteiger partial charge on any atom is 0.323 e. The fourth-order valence-electron chi connectivity index (χ4n) is 1.80. The molecular weight excluding hydrogens is 270 g/mol. The largest absolute Gasteiger partial charge is 0.497 e. The lowest BCUT2D eigenvalue weighted by Crippen LogP contribution is -2.19. The van der Waals surface area contributed by atoms with Gasteiger partial charge in [-0.3, -0.25) is 4.98 Å².